The molecular formula is C22H35FN2O2. The predicted molar refractivity (Wildman–Crippen MR) is 108 cm³/mol. The highest BCUT2D eigenvalue weighted by Crippen LogP contribution is 2.30. The Labute approximate surface area is 163 Å². The first-order valence-corrected chi connectivity index (χ1v) is 10.1. The first-order valence-electron chi connectivity index (χ1n) is 10.1. The summed E-state index contributed by atoms with van der Waals surface area (Å²) in [4.78, 5) is 24.7. The molecule has 1 unspecified atom stereocenters. The largest absolute Gasteiger partial charge is 0.273 e. The Morgan fingerprint density at radius 1 is 1.00 bits per heavy atom. The van der Waals surface area contributed by atoms with Crippen LogP contribution in [0, 0.1) is 17.2 Å². The number of nitrogens with one attached hydrogen (secondary N) is 2. The standard InChI is InChI=1S/C22H35FN2O2/c1-5-6-7-8-9-10-11-15-19(22(2,3)4)21(27)25-24-20(26)17-13-12-14-18(23)16-17/h12-14,16,19H,5-11,15H2,1-4H3,(H,24,26)(H,25,27). The van der Waals surface area contributed by atoms with Crippen molar-refractivity contribution in [1.29, 1.82) is 0 Å². The van der Waals surface area contributed by atoms with Crippen LogP contribution in [0.1, 0.15) is 89.4 Å². The van der Waals surface area contributed by atoms with E-state index >= 15 is 0 Å². The van der Waals surface area contributed by atoms with Crippen LogP contribution in [0.5, 0.6) is 0 Å². The molecule has 0 radical (unpaired) electrons. The van der Waals surface area contributed by atoms with Gasteiger partial charge < -0.3 is 0 Å². The van der Waals surface area contributed by atoms with Gasteiger partial charge in [-0.15, -0.1) is 0 Å². The van der Waals surface area contributed by atoms with E-state index in [1.807, 2.05) is 20.8 Å². The Bertz CT molecular complexity index is 596. The van der Waals surface area contributed by atoms with Crippen LogP contribution in [0.25, 0.3) is 0 Å². The van der Waals surface area contributed by atoms with Crippen LogP contribution in [0.2, 0.25) is 0 Å². The van der Waals surface area contributed by atoms with Crippen LogP contribution < -0.4 is 10.9 Å². The third kappa shape index (κ3) is 9.03. The van der Waals surface area contributed by atoms with Gasteiger partial charge in [-0.05, 0) is 30.0 Å². The Kier molecular flexibility index (Phi) is 10.0. The summed E-state index contributed by atoms with van der Waals surface area (Å²) in [7, 11) is 0. The molecular weight excluding hydrogens is 343 g/mol. The van der Waals surface area contributed by atoms with Gasteiger partial charge >= 0.3 is 0 Å². The number of hydrogen-bond donors (Lipinski definition) is 2. The van der Waals surface area contributed by atoms with Crippen LogP contribution in [-0.2, 0) is 4.79 Å². The topological polar surface area (TPSA) is 58.2 Å². The Balaban J connectivity index is 2.47. The van der Waals surface area contributed by atoms with Gasteiger partial charge in [0.15, 0.2) is 0 Å². The molecule has 0 spiro atoms. The van der Waals surface area contributed by atoms with Gasteiger partial charge in [0.2, 0.25) is 5.91 Å². The maximum absolute atomic E-state index is 13.2. The molecule has 5 heteroatoms. The second kappa shape index (κ2) is 11.7. The molecule has 0 heterocycles. The zero-order valence-electron chi connectivity index (χ0n) is 17.2. The van der Waals surface area contributed by atoms with Gasteiger partial charge in [-0.3, -0.25) is 20.4 Å². The lowest BCUT2D eigenvalue weighted by Crippen LogP contribution is -2.47. The fourth-order valence-electron chi connectivity index (χ4n) is 3.17. The van der Waals surface area contributed by atoms with Crippen molar-refractivity contribution in [2.75, 3.05) is 0 Å². The van der Waals surface area contributed by atoms with Crippen LogP contribution in [0.15, 0.2) is 24.3 Å². The summed E-state index contributed by atoms with van der Waals surface area (Å²) in [6.07, 6.45) is 9.19. The number of carbonyl (C=O) groups excluding carboxylic acids is 2. The first kappa shape index (κ1) is 23.1. The first-order chi connectivity index (χ1) is 12.8. The fraction of sp³-hybridized carbons (Fsp3) is 0.636. The molecule has 27 heavy (non-hydrogen) atoms. The minimum Gasteiger partial charge on any atom is -0.273 e. The van der Waals surface area contributed by atoms with Crippen molar-refractivity contribution in [3.05, 3.63) is 35.6 Å². The van der Waals surface area contributed by atoms with Crippen LogP contribution in [0.4, 0.5) is 4.39 Å². The predicted octanol–water partition coefficient (Wildman–Crippen LogP) is 5.39. The number of hydrazine groups is 1. The minimum atomic E-state index is -0.522. The van der Waals surface area contributed by atoms with Gasteiger partial charge in [-0.25, -0.2) is 4.39 Å². The van der Waals surface area contributed by atoms with Crippen LogP contribution >= 0.6 is 0 Å². The molecule has 2 amide bonds. The van der Waals surface area contributed by atoms with Gasteiger partial charge in [0, 0.05) is 11.5 Å². The normalized spacial score (nSPS) is 12.5. The molecule has 0 bridgehead atoms. The minimum absolute atomic E-state index is 0.176. The number of rotatable bonds is 10. The quantitative estimate of drug-likeness (QED) is 0.424. The maximum atomic E-state index is 13.2. The van der Waals surface area contributed by atoms with E-state index in [-0.39, 0.29) is 22.8 Å². The molecule has 0 aromatic heterocycles. The molecule has 1 aromatic rings. The number of unbranched alkanes of at least 4 members (excludes halogenated alkanes) is 6. The van der Waals surface area contributed by atoms with Gasteiger partial charge in [-0.1, -0.05) is 78.7 Å². The third-order valence-corrected chi connectivity index (χ3v) is 4.84. The lowest BCUT2D eigenvalue weighted by atomic mass is 9.77. The summed E-state index contributed by atoms with van der Waals surface area (Å²) in [6.45, 7) is 8.31. The lowest BCUT2D eigenvalue weighted by Gasteiger charge is -2.29. The van der Waals surface area contributed by atoms with Crippen molar-refractivity contribution < 1.29 is 14.0 Å². The van der Waals surface area contributed by atoms with Crippen molar-refractivity contribution in [3.8, 4) is 0 Å². The summed E-state index contributed by atoms with van der Waals surface area (Å²) in [5.74, 6) is -1.40. The van der Waals surface area contributed by atoms with Crippen molar-refractivity contribution in [1.82, 2.24) is 10.9 Å². The highest BCUT2D eigenvalue weighted by molar-refractivity contribution is 5.95. The lowest BCUT2D eigenvalue weighted by molar-refractivity contribution is -0.129. The average Bonchev–Trinajstić information content (AvgIpc) is 2.60. The molecule has 0 saturated carbocycles. The number of hydrogen-bond acceptors (Lipinski definition) is 2. The maximum Gasteiger partial charge on any atom is 0.269 e. The molecule has 2 N–H and O–H groups in total. The summed E-state index contributed by atoms with van der Waals surface area (Å²) in [6, 6.07) is 5.38. The van der Waals surface area contributed by atoms with Gasteiger partial charge in [0.05, 0.1) is 0 Å². The van der Waals surface area contributed by atoms with Crippen molar-refractivity contribution in [3.63, 3.8) is 0 Å². The van der Waals surface area contributed by atoms with E-state index in [1.165, 1.54) is 50.3 Å². The summed E-state index contributed by atoms with van der Waals surface area (Å²) < 4.78 is 13.2. The summed E-state index contributed by atoms with van der Waals surface area (Å²) in [5.41, 5.74) is 4.89. The van der Waals surface area contributed by atoms with Crippen molar-refractivity contribution >= 4 is 11.8 Å². The molecule has 0 aliphatic rings. The second-order valence-corrected chi connectivity index (χ2v) is 8.28. The van der Waals surface area contributed by atoms with Crippen LogP contribution in [0.3, 0.4) is 0 Å². The molecule has 0 fully saturated rings. The molecule has 0 saturated heterocycles. The van der Waals surface area contributed by atoms with E-state index in [1.54, 1.807) is 0 Å². The molecule has 0 aliphatic carbocycles. The molecule has 4 nitrogen and oxygen atoms in total. The Morgan fingerprint density at radius 3 is 2.22 bits per heavy atom. The molecule has 1 aromatic carbocycles. The second-order valence-electron chi connectivity index (χ2n) is 8.28. The monoisotopic (exact) mass is 378 g/mol. The Hall–Kier alpha value is -1.91. The molecule has 1 rings (SSSR count). The van der Waals surface area contributed by atoms with E-state index in [2.05, 4.69) is 17.8 Å². The van der Waals surface area contributed by atoms with E-state index in [4.69, 9.17) is 0 Å². The van der Waals surface area contributed by atoms with E-state index in [9.17, 15) is 14.0 Å². The number of amides is 2. The van der Waals surface area contributed by atoms with Crippen molar-refractivity contribution in [2.24, 2.45) is 11.3 Å². The molecule has 152 valence electrons. The van der Waals surface area contributed by atoms with Crippen molar-refractivity contribution in [2.45, 2.75) is 79.1 Å². The molecule has 0 aliphatic heterocycles. The van der Waals surface area contributed by atoms with Gasteiger partial charge in [-0.2, -0.15) is 0 Å². The summed E-state index contributed by atoms with van der Waals surface area (Å²) in [5, 5.41) is 0. The third-order valence-electron chi connectivity index (χ3n) is 4.84. The number of halogens is 1. The highest BCUT2D eigenvalue weighted by atomic mass is 19.1. The smallest absolute Gasteiger partial charge is 0.269 e. The number of benzene rings is 1. The number of carbonyl (C=O) groups is 2. The van der Waals surface area contributed by atoms with Gasteiger partial charge in [0.25, 0.3) is 5.91 Å². The van der Waals surface area contributed by atoms with Gasteiger partial charge in [0.1, 0.15) is 5.82 Å². The Morgan fingerprint density at radius 2 is 1.63 bits per heavy atom. The highest BCUT2D eigenvalue weighted by Gasteiger charge is 2.31. The summed E-state index contributed by atoms with van der Waals surface area (Å²) >= 11 is 0. The zero-order valence-corrected chi connectivity index (χ0v) is 17.2. The van der Waals surface area contributed by atoms with E-state index < -0.39 is 11.7 Å². The fourth-order valence-corrected chi connectivity index (χ4v) is 3.17. The van der Waals surface area contributed by atoms with E-state index in [0.29, 0.717) is 0 Å². The zero-order chi connectivity index (χ0) is 20.3. The van der Waals surface area contributed by atoms with Crippen LogP contribution in [-0.4, -0.2) is 11.8 Å². The molecule has 1 atom stereocenters. The SMILES string of the molecule is CCCCCCCCCC(C(=O)NNC(=O)c1cccc(F)c1)C(C)(C)C. The van der Waals surface area contributed by atoms with E-state index in [0.717, 1.165) is 25.3 Å². The average molecular weight is 379 g/mol.